The van der Waals surface area contributed by atoms with Gasteiger partial charge >= 0.3 is 0 Å². The summed E-state index contributed by atoms with van der Waals surface area (Å²) in [5, 5.41) is 2.67. The lowest BCUT2D eigenvalue weighted by molar-refractivity contribution is -0.110. The second-order valence-corrected chi connectivity index (χ2v) is 2.80. The van der Waals surface area contributed by atoms with E-state index in [2.05, 4.69) is 5.32 Å². The highest BCUT2D eigenvalue weighted by atomic mass is 19.1. The lowest BCUT2D eigenvalue weighted by atomic mass is 10.1. The van der Waals surface area contributed by atoms with Gasteiger partial charge in [-0.05, 0) is 24.1 Å². The minimum Gasteiger partial charge on any atom is -0.352 e. The van der Waals surface area contributed by atoms with Crippen molar-refractivity contribution < 1.29 is 9.18 Å². The summed E-state index contributed by atoms with van der Waals surface area (Å²) in [4.78, 5) is 10.2. The number of benzene rings is 1. The van der Waals surface area contributed by atoms with Gasteiger partial charge in [-0.1, -0.05) is 19.1 Å². The molecule has 0 bridgehead atoms. The molecular weight excluding hydrogens is 169 g/mol. The van der Waals surface area contributed by atoms with Crippen LogP contribution in [0.3, 0.4) is 0 Å². The number of carbonyl (C=O) groups is 1. The molecule has 1 rings (SSSR count). The second-order valence-electron chi connectivity index (χ2n) is 2.80. The number of amides is 1. The van der Waals surface area contributed by atoms with Crippen LogP contribution in [-0.4, -0.2) is 6.41 Å². The van der Waals surface area contributed by atoms with Crippen LogP contribution in [0.1, 0.15) is 24.9 Å². The maximum Gasteiger partial charge on any atom is 0.207 e. The molecule has 0 aliphatic heterocycles. The summed E-state index contributed by atoms with van der Waals surface area (Å²) in [7, 11) is 0. The lowest BCUT2D eigenvalue weighted by Crippen LogP contribution is -2.18. The average Bonchev–Trinajstić information content (AvgIpc) is 2.16. The van der Waals surface area contributed by atoms with Crippen molar-refractivity contribution in [2.45, 2.75) is 19.4 Å². The Hall–Kier alpha value is -1.38. The molecule has 1 unspecified atom stereocenters. The van der Waals surface area contributed by atoms with Crippen LogP contribution in [0.15, 0.2) is 24.3 Å². The fourth-order valence-electron chi connectivity index (χ4n) is 1.23. The van der Waals surface area contributed by atoms with Crippen LogP contribution in [0.2, 0.25) is 0 Å². The van der Waals surface area contributed by atoms with Crippen LogP contribution in [-0.2, 0) is 4.79 Å². The van der Waals surface area contributed by atoms with Gasteiger partial charge in [-0.25, -0.2) is 4.39 Å². The normalized spacial score (nSPS) is 12.2. The summed E-state index contributed by atoms with van der Waals surface area (Å²) in [6.45, 7) is 1.96. The Morgan fingerprint density at radius 3 is 2.54 bits per heavy atom. The van der Waals surface area contributed by atoms with E-state index in [0.717, 1.165) is 12.0 Å². The van der Waals surface area contributed by atoms with Crippen LogP contribution >= 0.6 is 0 Å². The zero-order valence-corrected chi connectivity index (χ0v) is 7.46. The van der Waals surface area contributed by atoms with E-state index < -0.39 is 0 Å². The van der Waals surface area contributed by atoms with Crippen molar-refractivity contribution in [3.05, 3.63) is 35.6 Å². The summed E-state index contributed by atoms with van der Waals surface area (Å²) in [6, 6.07) is 6.13. The minimum absolute atomic E-state index is 0.0156. The first kappa shape index (κ1) is 9.71. The van der Waals surface area contributed by atoms with E-state index in [1.165, 1.54) is 12.1 Å². The molecule has 13 heavy (non-hydrogen) atoms. The van der Waals surface area contributed by atoms with Gasteiger partial charge in [0.2, 0.25) is 6.41 Å². The molecule has 2 nitrogen and oxygen atoms in total. The van der Waals surface area contributed by atoms with E-state index in [1.807, 2.05) is 6.92 Å². The Labute approximate surface area is 76.8 Å². The van der Waals surface area contributed by atoms with Gasteiger partial charge < -0.3 is 5.32 Å². The molecule has 70 valence electrons. The van der Waals surface area contributed by atoms with Gasteiger partial charge in [-0.2, -0.15) is 0 Å². The Morgan fingerprint density at radius 1 is 1.46 bits per heavy atom. The van der Waals surface area contributed by atoms with Gasteiger partial charge in [0.25, 0.3) is 0 Å². The molecule has 1 aromatic rings. The molecule has 1 atom stereocenters. The highest BCUT2D eigenvalue weighted by Gasteiger charge is 2.06. The van der Waals surface area contributed by atoms with Gasteiger partial charge in [0.1, 0.15) is 5.82 Å². The van der Waals surface area contributed by atoms with E-state index in [-0.39, 0.29) is 11.9 Å². The molecule has 0 radical (unpaired) electrons. The Bertz CT molecular complexity index is 271. The molecule has 1 aromatic carbocycles. The van der Waals surface area contributed by atoms with Crippen molar-refractivity contribution in [2.24, 2.45) is 0 Å². The van der Waals surface area contributed by atoms with Crippen LogP contribution in [0, 0.1) is 5.82 Å². The monoisotopic (exact) mass is 181 g/mol. The molecule has 0 saturated heterocycles. The van der Waals surface area contributed by atoms with Crippen molar-refractivity contribution in [1.29, 1.82) is 0 Å². The topological polar surface area (TPSA) is 29.1 Å². The molecule has 0 aliphatic rings. The van der Waals surface area contributed by atoms with E-state index in [9.17, 15) is 9.18 Å². The van der Waals surface area contributed by atoms with Gasteiger partial charge in [-0.15, -0.1) is 0 Å². The second kappa shape index (κ2) is 4.60. The van der Waals surface area contributed by atoms with Crippen molar-refractivity contribution >= 4 is 6.41 Å². The average molecular weight is 181 g/mol. The molecule has 0 aliphatic carbocycles. The Morgan fingerprint density at radius 2 is 2.08 bits per heavy atom. The van der Waals surface area contributed by atoms with Crippen molar-refractivity contribution in [1.82, 2.24) is 5.32 Å². The standard InChI is InChI=1S/C10H12FNO/c1-2-10(12-7-13)8-3-5-9(11)6-4-8/h3-7,10H,2H2,1H3,(H,12,13). The summed E-state index contributed by atoms with van der Waals surface area (Å²) in [6.07, 6.45) is 1.46. The highest BCUT2D eigenvalue weighted by Crippen LogP contribution is 2.15. The van der Waals surface area contributed by atoms with Crippen LogP contribution < -0.4 is 5.32 Å². The fraction of sp³-hybridized carbons (Fsp3) is 0.300. The molecule has 0 aromatic heterocycles. The van der Waals surface area contributed by atoms with Crippen LogP contribution in [0.4, 0.5) is 4.39 Å². The number of carbonyl (C=O) groups excluding carboxylic acids is 1. The molecule has 0 spiro atoms. The fourth-order valence-corrected chi connectivity index (χ4v) is 1.23. The molecule has 3 heteroatoms. The molecular formula is C10H12FNO. The first-order valence-corrected chi connectivity index (χ1v) is 4.23. The Kier molecular flexibility index (Phi) is 3.43. The minimum atomic E-state index is -0.260. The van der Waals surface area contributed by atoms with E-state index in [4.69, 9.17) is 0 Å². The molecule has 0 fully saturated rings. The predicted octanol–water partition coefficient (Wildman–Crippen LogP) is 2.02. The number of nitrogens with one attached hydrogen (secondary N) is 1. The van der Waals surface area contributed by atoms with Crippen molar-refractivity contribution in [3.63, 3.8) is 0 Å². The lowest BCUT2D eigenvalue weighted by Gasteiger charge is -2.13. The van der Waals surface area contributed by atoms with E-state index >= 15 is 0 Å². The molecule has 0 heterocycles. The van der Waals surface area contributed by atoms with Gasteiger partial charge in [-0.3, -0.25) is 4.79 Å². The first-order valence-electron chi connectivity index (χ1n) is 4.23. The third-order valence-electron chi connectivity index (χ3n) is 1.95. The van der Waals surface area contributed by atoms with Crippen LogP contribution in [0.25, 0.3) is 0 Å². The third kappa shape index (κ3) is 2.54. The highest BCUT2D eigenvalue weighted by molar-refractivity contribution is 5.47. The van der Waals surface area contributed by atoms with Crippen molar-refractivity contribution in [3.8, 4) is 0 Å². The SMILES string of the molecule is CCC(NC=O)c1ccc(F)cc1. The maximum atomic E-state index is 12.5. The van der Waals surface area contributed by atoms with E-state index in [0.29, 0.717) is 6.41 Å². The number of rotatable bonds is 4. The zero-order chi connectivity index (χ0) is 9.68. The zero-order valence-electron chi connectivity index (χ0n) is 7.46. The summed E-state index contributed by atoms with van der Waals surface area (Å²) in [5.74, 6) is -0.260. The van der Waals surface area contributed by atoms with Gasteiger partial charge in [0.15, 0.2) is 0 Å². The summed E-state index contributed by atoms with van der Waals surface area (Å²) >= 11 is 0. The van der Waals surface area contributed by atoms with Gasteiger partial charge in [0.05, 0.1) is 6.04 Å². The predicted molar refractivity (Wildman–Crippen MR) is 48.6 cm³/mol. The quantitative estimate of drug-likeness (QED) is 0.707. The van der Waals surface area contributed by atoms with Crippen LogP contribution in [0.5, 0.6) is 0 Å². The maximum absolute atomic E-state index is 12.5. The number of halogens is 1. The Balaban J connectivity index is 2.78. The molecule has 1 N–H and O–H groups in total. The number of hydrogen-bond donors (Lipinski definition) is 1. The van der Waals surface area contributed by atoms with Gasteiger partial charge in [0, 0.05) is 0 Å². The van der Waals surface area contributed by atoms with Crippen molar-refractivity contribution in [2.75, 3.05) is 0 Å². The van der Waals surface area contributed by atoms with E-state index in [1.54, 1.807) is 12.1 Å². The first-order chi connectivity index (χ1) is 6.27. The molecule has 0 saturated carbocycles. The molecule has 1 amide bonds. The summed E-state index contributed by atoms with van der Waals surface area (Å²) in [5.41, 5.74) is 0.927. The summed E-state index contributed by atoms with van der Waals surface area (Å²) < 4.78 is 12.5. The smallest absolute Gasteiger partial charge is 0.207 e. The number of hydrogen-bond acceptors (Lipinski definition) is 1. The third-order valence-corrected chi connectivity index (χ3v) is 1.95. The largest absolute Gasteiger partial charge is 0.352 e.